The summed E-state index contributed by atoms with van der Waals surface area (Å²) >= 11 is 0. The van der Waals surface area contributed by atoms with E-state index < -0.39 is 0 Å². The Morgan fingerprint density at radius 1 is 0.842 bits per heavy atom. The lowest BCUT2D eigenvalue weighted by Crippen LogP contribution is -2.23. The maximum Gasteiger partial charge on any atom is 0.119 e. The van der Waals surface area contributed by atoms with Gasteiger partial charge in [0.1, 0.15) is 18.1 Å². The fourth-order valence-electron chi connectivity index (χ4n) is 1.61. The minimum atomic E-state index is 0.669. The number of rotatable bonds is 11. The SMILES string of the molecule is CCOCCCNCCOc1ccc(OCC)cc1. The maximum atomic E-state index is 5.62. The van der Waals surface area contributed by atoms with Crippen LogP contribution in [-0.4, -0.2) is 39.5 Å². The number of benzene rings is 1. The third-order valence-corrected chi connectivity index (χ3v) is 2.53. The van der Waals surface area contributed by atoms with Gasteiger partial charge in [-0.05, 0) is 51.1 Å². The molecule has 0 unspecified atom stereocenters. The van der Waals surface area contributed by atoms with Gasteiger partial charge in [0.2, 0.25) is 0 Å². The van der Waals surface area contributed by atoms with Gasteiger partial charge in [0, 0.05) is 19.8 Å². The molecule has 0 aliphatic carbocycles. The van der Waals surface area contributed by atoms with Crippen LogP contribution in [0.15, 0.2) is 24.3 Å². The lowest BCUT2D eigenvalue weighted by molar-refractivity contribution is 0.144. The van der Waals surface area contributed by atoms with E-state index in [4.69, 9.17) is 14.2 Å². The van der Waals surface area contributed by atoms with Gasteiger partial charge in [0.25, 0.3) is 0 Å². The van der Waals surface area contributed by atoms with E-state index in [1.807, 2.05) is 38.1 Å². The first-order valence-electron chi connectivity index (χ1n) is 7.01. The molecule has 1 rings (SSSR count). The van der Waals surface area contributed by atoms with Gasteiger partial charge in [-0.3, -0.25) is 0 Å². The van der Waals surface area contributed by atoms with E-state index in [0.29, 0.717) is 13.2 Å². The normalized spacial score (nSPS) is 10.4. The van der Waals surface area contributed by atoms with Crippen molar-refractivity contribution in [1.29, 1.82) is 0 Å². The summed E-state index contributed by atoms with van der Waals surface area (Å²) in [5.74, 6) is 1.75. The third-order valence-electron chi connectivity index (χ3n) is 2.53. The van der Waals surface area contributed by atoms with E-state index in [2.05, 4.69) is 5.32 Å². The summed E-state index contributed by atoms with van der Waals surface area (Å²) in [5, 5.41) is 3.32. The fourth-order valence-corrected chi connectivity index (χ4v) is 1.61. The van der Waals surface area contributed by atoms with E-state index in [1.165, 1.54) is 0 Å². The van der Waals surface area contributed by atoms with Crippen molar-refractivity contribution in [2.75, 3.05) is 39.5 Å². The topological polar surface area (TPSA) is 39.7 Å². The summed E-state index contributed by atoms with van der Waals surface area (Å²) in [4.78, 5) is 0. The predicted octanol–water partition coefficient (Wildman–Crippen LogP) is 2.48. The second kappa shape index (κ2) is 10.6. The van der Waals surface area contributed by atoms with Gasteiger partial charge < -0.3 is 19.5 Å². The first-order chi connectivity index (χ1) is 9.36. The highest BCUT2D eigenvalue weighted by Crippen LogP contribution is 2.17. The van der Waals surface area contributed by atoms with Crippen molar-refractivity contribution in [1.82, 2.24) is 5.32 Å². The first kappa shape index (κ1) is 15.8. The standard InChI is InChI=1S/C15H25NO3/c1-3-17-12-5-10-16-11-13-19-15-8-6-14(7-9-15)18-4-2/h6-9,16H,3-5,10-13H2,1-2H3. The Labute approximate surface area is 116 Å². The molecule has 1 N–H and O–H groups in total. The van der Waals surface area contributed by atoms with E-state index in [0.717, 1.165) is 44.2 Å². The molecule has 108 valence electrons. The Morgan fingerprint density at radius 3 is 2.16 bits per heavy atom. The number of ether oxygens (including phenoxy) is 3. The number of hydrogen-bond acceptors (Lipinski definition) is 4. The molecule has 19 heavy (non-hydrogen) atoms. The average Bonchev–Trinajstić information content (AvgIpc) is 2.44. The second-order valence-corrected chi connectivity index (χ2v) is 4.05. The lowest BCUT2D eigenvalue weighted by atomic mass is 10.3. The minimum Gasteiger partial charge on any atom is -0.494 e. The number of nitrogens with one attached hydrogen (secondary N) is 1. The molecular formula is C15H25NO3. The number of hydrogen-bond donors (Lipinski definition) is 1. The molecule has 0 heterocycles. The van der Waals surface area contributed by atoms with Gasteiger partial charge in [-0.25, -0.2) is 0 Å². The van der Waals surface area contributed by atoms with Crippen molar-refractivity contribution in [3.63, 3.8) is 0 Å². The second-order valence-electron chi connectivity index (χ2n) is 4.05. The van der Waals surface area contributed by atoms with Crippen molar-refractivity contribution < 1.29 is 14.2 Å². The molecule has 0 bridgehead atoms. The first-order valence-corrected chi connectivity index (χ1v) is 7.01. The molecular weight excluding hydrogens is 242 g/mol. The van der Waals surface area contributed by atoms with Crippen LogP contribution in [0.2, 0.25) is 0 Å². The van der Waals surface area contributed by atoms with Crippen molar-refractivity contribution in [2.24, 2.45) is 0 Å². The van der Waals surface area contributed by atoms with Crippen LogP contribution in [0.1, 0.15) is 20.3 Å². The van der Waals surface area contributed by atoms with Crippen LogP contribution in [0.3, 0.4) is 0 Å². The summed E-state index contributed by atoms with van der Waals surface area (Å²) in [6.45, 7) is 8.77. The molecule has 1 aromatic carbocycles. The molecule has 0 atom stereocenters. The van der Waals surface area contributed by atoms with Crippen molar-refractivity contribution in [3.8, 4) is 11.5 Å². The Hall–Kier alpha value is -1.26. The summed E-state index contributed by atoms with van der Waals surface area (Å²) < 4.78 is 16.2. The Morgan fingerprint density at radius 2 is 1.53 bits per heavy atom. The predicted molar refractivity (Wildman–Crippen MR) is 77.1 cm³/mol. The van der Waals surface area contributed by atoms with E-state index in [9.17, 15) is 0 Å². The zero-order chi connectivity index (χ0) is 13.8. The van der Waals surface area contributed by atoms with Crippen molar-refractivity contribution in [2.45, 2.75) is 20.3 Å². The van der Waals surface area contributed by atoms with Gasteiger partial charge >= 0.3 is 0 Å². The maximum absolute atomic E-state index is 5.62. The fraction of sp³-hybridized carbons (Fsp3) is 0.600. The molecule has 4 nitrogen and oxygen atoms in total. The van der Waals surface area contributed by atoms with Crippen LogP contribution in [0.5, 0.6) is 11.5 Å². The van der Waals surface area contributed by atoms with Crippen LogP contribution in [0.4, 0.5) is 0 Å². The highest BCUT2D eigenvalue weighted by atomic mass is 16.5. The highest BCUT2D eigenvalue weighted by molar-refractivity contribution is 5.31. The average molecular weight is 267 g/mol. The highest BCUT2D eigenvalue weighted by Gasteiger charge is 1.95. The zero-order valence-corrected chi connectivity index (χ0v) is 12.0. The Kier molecular flexibility index (Phi) is 8.85. The molecule has 4 heteroatoms. The zero-order valence-electron chi connectivity index (χ0n) is 12.0. The monoisotopic (exact) mass is 267 g/mol. The van der Waals surface area contributed by atoms with Crippen molar-refractivity contribution in [3.05, 3.63) is 24.3 Å². The van der Waals surface area contributed by atoms with Gasteiger partial charge in [-0.2, -0.15) is 0 Å². The summed E-state index contributed by atoms with van der Waals surface area (Å²) in [7, 11) is 0. The van der Waals surface area contributed by atoms with Crippen LogP contribution < -0.4 is 14.8 Å². The summed E-state index contributed by atoms with van der Waals surface area (Å²) in [5.41, 5.74) is 0. The summed E-state index contributed by atoms with van der Waals surface area (Å²) in [6.07, 6.45) is 1.04. The smallest absolute Gasteiger partial charge is 0.119 e. The van der Waals surface area contributed by atoms with Crippen molar-refractivity contribution >= 4 is 0 Å². The largest absolute Gasteiger partial charge is 0.494 e. The third kappa shape index (κ3) is 7.70. The van der Waals surface area contributed by atoms with Gasteiger partial charge in [-0.1, -0.05) is 0 Å². The molecule has 0 saturated heterocycles. The van der Waals surface area contributed by atoms with E-state index >= 15 is 0 Å². The molecule has 0 aliphatic rings. The molecule has 0 aliphatic heterocycles. The molecule has 0 spiro atoms. The van der Waals surface area contributed by atoms with Crippen LogP contribution in [-0.2, 0) is 4.74 Å². The molecule has 0 radical (unpaired) electrons. The van der Waals surface area contributed by atoms with Crippen LogP contribution >= 0.6 is 0 Å². The Balaban J connectivity index is 2.02. The van der Waals surface area contributed by atoms with E-state index in [1.54, 1.807) is 0 Å². The van der Waals surface area contributed by atoms with E-state index in [-0.39, 0.29) is 0 Å². The quantitative estimate of drug-likeness (QED) is 0.625. The Bertz CT molecular complexity index is 314. The molecule has 0 saturated carbocycles. The van der Waals surface area contributed by atoms with Crippen LogP contribution in [0.25, 0.3) is 0 Å². The molecule has 0 amide bonds. The van der Waals surface area contributed by atoms with Gasteiger partial charge in [-0.15, -0.1) is 0 Å². The summed E-state index contributed by atoms with van der Waals surface area (Å²) in [6, 6.07) is 7.71. The minimum absolute atomic E-state index is 0.669. The molecule has 1 aromatic rings. The lowest BCUT2D eigenvalue weighted by Gasteiger charge is -2.08. The van der Waals surface area contributed by atoms with Gasteiger partial charge in [0.05, 0.1) is 6.61 Å². The molecule has 0 fully saturated rings. The van der Waals surface area contributed by atoms with Gasteiger partial charge in [0.15, 0.2) is 0 Å². The van der Waals surface area contributed by atoms with Crippen LogP contribution in [0, 0.1) is 0 Å². The molecule has 0 aromatic heterocycles.